The lowest BCUT2D eigenvalue weighted by Crippen LogP contribution is -2.52. The Morgan fingerprint density at radius 2 is 2.14 bits per heavy atom. The molecule has 120 valence electrons. The van der Waals surface area contributed by atoms with Gasteiger partial charge in [0.2, 0.25) is 11.8 Å². The van der Waals surface area contributed by atoms with Crippen molar-refractivity contribution in [1.29, 1.82) is 0 Å². The molecule has 0 aromatic rings. The van der Waals surface area contributed by atoms with Crippen molar-refractivity contribution < 1.29 is 14.4 Å². The topological polar surface area (TPSA) is 105 Å². The van der Waals surface area contributed by atoms with Gasteiger partial charge in [-0.2, -0.15) is 0 Å². The number of amides is 4. The minimum absolute atomic E-state index is 0.0463. The predicted octanol–water partition coefficient (Wildman–Crippen LogP) is 0.198. The van der Waals surface area contributed by atoms with Gasteiger partial charge in [0.25, 0.3) is 0 Å². The number of nitrogens with two attached hydrogens (primary N) is 1. The van der Waals surface area contributed by atoms with E-state index in [0.717, 1.165) is 11.3 Å². The van der Waals surface area contributed by atoms with Crippen LogP contribution in [0.2, 0.25) is 0 Å². The summed E-state index contributed by atoms with van der Waals surface area (Å²) in [6, 6.07) is -0.382. The molecule has 1 fully saturated rings. The van der Waals surface area contributed by atoms with Gasteiger partial charge in [-0.1, -0.05) is 13.8 Å². The largest absolute Gasteiger partial charge is 0.350 e. The van der Waals surface area contributed by atoms with E-state index in [-0.39, 0.29) is 37.4 Å². The molecule has 21 heavy (non-hydrogen) atoms. The molecule has 0 bridgehead atoms. The Labute approximate surface area is 125 Å². The number of hydrogen-bond acceptors (Lipinski definition) is 4. The molecule has 4 N–H and O–H groups in total. The number of rotatable bonds is 8. The Morgan fingerprint density at radius 3 is 2.62 bits per heavy atom. The van der Waals surface area contributed by atoms with Crippen molar-refractivity contribution in [2.45, 2.75) is 45.6 Å². The van der Waals surface area contributed by atoms with Gasteiger partial charge in [0.1, 0.15) is 0 Å². The van der Waals surface area contributed by atoms with Gasteiger partial charge in [0.05, 0.1) is 6.54 Å². The van der Waals surface area contributed by atoms with E-state index in [9.17, 15) is 14.4 Å². The maximum atomic E-state index is 12.0. The minimum Gasteiger partial charge on any atom is -0.350 e. The van der Waals surface area contributed by atoms with E-state index in [2.05, 4.69) is 24.5 Å². The van der Waals surface area contributed by atoms with Crippen LogP contribution in [-0.4, -0.2) is 47.9 Å². The Bertz CT molecular complexity index is 395. The highest BCUT2D eigenvalue weighted by Gasteiger charge is 2.29. The number of carbonyl (C=O) groups is 3. The highest BCUT2D eigenvalue weighted by molar-refractivity contribution is 6.01. The summed E-state index contributed by atoms with van der Waals surface area (Å²) in [4.78, 5) is 35.8. The molecule has 4 amide bonds. The van der Waals surface area contributed by atoms with E-state index < -0.39 is 5.54 Å². The van der Waals surface area contributed by atoms with Crippen molar-refractivity contribution in [2.24, 2.45) is 11.7 Å². The second-order valence-electron chi connectivity index (χ2n) is 6.22. The van der Waals surface area contributed by atoms with Gasteiger partial charge >= 0.3 is 6.03 Å². The van der Waals surface area contributed by atoms with Crippen LogP contribution in [0.4, 0.5) is 4.79 Å². The molecule has 7 nitrogen and oxygen atoms in total. The highest BCUT2D eigenvalue weighted by Crippen LogP contribution is 2.15. The number of nitrogens with zero attached hydrogens (tertiary/aromatic N) is 1. The third-order valence-corrected chi connectivity index (χ3v) is 3.47. The number of nitrogens with one attached hydrogen (secondary N) is 2. The number of hydrogen-bond donors (Lipinski definition) is 3. The average Bonchev–Trinajstić information content (AvgIpc) is 2.69. The number of imide groups is 1. The molecule has 1 saturated heterocycles. The predicted molar refractivity (Wildman–Crippen MR) is 79.4 cm³/mol. The fraction of sp³-hybridized carbons (Fsp3) is 0.786. The molecule has 0 aromatic heterocycles. The van der Waals surface area contributed by atoms with E-state index in [1.807, 2.05) is 6.92 Å². The summed E-state index contributed by atoms with van der Waals surface area (Å²) in [7, 11) is 0. The Balaban J connectivity index is 2.36. The molecular weight excluding hydrogens is 272 g/mol. The first-order valence-electron chi connectivity index (χ1n) is 7.36. The zero-order chi connectivity index (χ0) is 16.0. The molecule has 0 aromatic carbocycles. The van der Waals surface area contributed by atoms with Gasteiger partial charge in [-0.3, -0.25) is 14.5 Å². The zero-order valence-corrected chi connectivity index (χ0v) is 13.1. The molecule has 1 heterocycles. The van der Waals surface area contributed by atoms with Crippen molar-refractivity contribution in [3.63, 3.8) is 0 Å². The molecule has 0 spiro atoms. The number of carbonyl (C=O) groups excluding carboxylic acids is 3. The van der Waals surface area contributed by atoms with Crippen molar-refractivity contribution in [2.75, 3.05) is 19.6 Å². The maximum Gasteiger partial charge on any atom is 0.324 e. The van der Waals surface area contributed by atoms with Crippen LogP contribution in [0.3, 0.4) is 0 Å². The fourth-order valence-electron chi connectivity index (χ4n) is 2.56. The summed E-state index contributed by atoms with van der Waals surface area (Å²) >= 11 is 0. The molecule has 0 saturated carbocycles. The lowest BCUT2D eigenvalue weighted by atomic mass is 9.90. The average molecular weight is 298 g/mol. The molecule has 0 radical (unpaired) electrons. The third kappa shape index (κ3) is 5.34. The highest BCUT2D eigenvalue weighted by atomic mass is 16.2. The lowest BCUT2D eigenvalue weighted by molar-refractivity contribution is -0.126. The van der Waals surface area contributed by atoms with Crippen LogP contribution < -0.4 is 16.4 Å². The Hall–Kier alpha value is -1.63. The SMILES string of the molecule is CC(C)CC(C)(CN)NC(=O)CCCN1C(=O)CNC1=O. The van der Waals surface area contributed by atoms with Crippen molar-refractivity contribution in [3.8, 4) is 0 Å². The van der Waals surface area contributed by atoms with Gasteiger partial charge < -0.3 is 16.4 Å². The second-order valence-corrected chi connectivity index (χ2v) is 6.22. The molecular formula is C14H26N4O3. The van der Waals surface area contributed by atoms with E-state index in [0.29, 0.717) is 18.9 Å². The van der Waals surface area contributed by atoms with Gasteiger partial charge in [-0.25, -0.2) is 4.79 Å². The molecule has 1 unspecified atom stereocenters. The third-order valence-electron chi connectivity index (χ3n) is 3.47. The minimum atomic E-state index is -0.411. The standard InChI is InChI=1S/C14H26N4O3/c1-10(2)7-14(3,9-15)17-11(19)5-4-6-18-12(20)8-16-13(18)21/h10H,4-9,15H2,1-3H3,(H,16,21)(H,17,19). The Morgan fingerprint density at radius 1 is 1.48 bits per heavy atom. The first kappa shape index (κ1) is 17.4. The second kappa shape index (κ2) is 7.40. The smallest absolute Gasteiger partial charge is 0.324 e. The van der Waals surface area contributed by atoms with E-state index >= 15 is 0 Å². The van der Waals surface area contributed by atoms with Crippen LogP contribution >= 0.6 is 0 Å². The fourth-order valence-corrected chi connectivity index (χ4v) is 2.56. The molecule has 0 aliphatic carbocycles. The quantitative estimate of drug-likeness (QED) is 0.557. The lowest BCUT2D eigenvalue weighted by Gasteiger charge is -2.31. The summed E-state index contributed by atoms with van der Waals surface area (Å²) in [6.45, 7) is 6.79. The maximum absolute atomic E-state index is 12.0. The van der Waals surface area contributed by atoms with Crippen LogP contribution in [0.1, 0.15) is 40.0 Å². The molecule has 1 aliphatic rings. The monoisotopic (exact) mass is 298 g/mol. The summed E-state index contributed by atoms with van der Waals surface area (Å²) in [5.74, 6) is 0.0902. The van der Waals surface area contributed by atoms with Crippen LogP contribution in [0.15, 0.2) is 0 Å². The molecule has 1 rings (SSSR count). The van der Waals surface area contributed by atoms with Crippen molar-refractivity contribution >= 4 is 17.8 Å². The summed E-state index contributed by atoms with van der Waals surface area (Å²) in [5, 5.41) is 5.40. The molecule has 1 atom stereocenters. The number of urea groups is 1. The normalized spacial score (nSPS) is 17.9. The first-order chi connectivity index (χ1) is 9.77. The first-order valence-corrected chi connectivity index (χ1v) is 7.36. The summed E-state index contributed by atoms with van der Waals surface area (Å²) in [5.41, 5.74) is 5.34. The van der Waals surface area contributed by atoms with Crippen LogP contribution in [0, 0.1) is 5.92 Å². The van der Waals surface area contributed by atoms with Gasteiger partial charge in [-0.05, 0) is 25.7 Å². The molecule has 1 aliphatic heterocycles. The molecule has 7 heteroatoms. The van der Waals surface area contributed by atoms with E-state index in [1.165, 1.54) is 0 Å². The van der Waals surface area contributed by atoms with Gasteiger partial charge in [0, 0.05) is 25.0 Å². The van der Waals surface area contributed by atoms with Crippen molar-refractivity contribution in [3.05, 3.63) is 0 Å². The summed E-state index contributed by atoms with van der Waals surface area (Å²) in [6.07, 6.45) is 1.53. The Kier molecular flexibility index (Phi) is 6.14. The van der Waals surface area contributed by atoms with Gasteiger partial charge in [-0.15, -0.1) is 0 Å². The van der Waals surface area contributed by atoms with Crippen molar-refractivity contribution in [1.82, 2.24) is 15.5 Å². The summed E-state index contributed by atoms with van der Waals surface area (Å²) < 4.78 is 0. The zero-order valence-electron chi connectivity index (χ0n) is 13.1. The van der Waals surface area contributed by atoms with E-state index in [4.69, 9.17) is 5.73 Å². The van der Waals surface area contributed by atoms with Gasteiger partial charge in [0.15, 0.2) is 0 Å². The van der Waals surface area contributed by atoms with Crippen LogP contribution in [0.25, 0.3) is 0 Å². The van der Waals surface area contributed by atoms with E-state index in [1.54, 1.807) is 0 Å². The van der Waals surface area contributed by atoms with Crippen LogP contribution in [0.5, 0.6) is 0 Å². The van der Waals surface area contributed by atoms with Crippen LogP contribution in [-0.2, 0) is 9.59 Å².